The van der Waals surface area contributed by atoms with Crippen LogP contribution in [0.5, 0.6) is 0 Å². The number of hydrogen-bond acceptors (Lipinski definition) is 2. The van der Waals surface area contributed by atoms with E-state index < -0.39 is 0 Å². The highest BCUT2D eigenvalue weighted by atomic mass is 16.5. The van der Waals surface area contributed by atoms with Crippen LogP contribution in [-0.4, -0.2) is 18.2 Å². The minimum Gasteiger partial charge on any atom is -0.374 e. The van der Waals surface area contributed by atoms with Gasteiger partial charge in [-0.3, -0.25) is 0 Å². The molecule has 90 valence electrons. The Hall–Kier alpha value is -0.0800. The lowest BCUT2D eigenvalue weighted by atomic mass is 9.84. The van der Waals surface area contributed by atoms with E-state index in [9.17, 15) is 0 Å². The first kappa shape index (κ1) is 13.0. The minimum absolute atomic E-state index is 0.00125. The van der Waals surface area contributed by atoms with Crippen LogP contribution >= 0.6 is 0 Å². The van der Waals surface area contributed by atoms with Gasteiger partial charge in [-0.2, -0.15) is 0 Å². The summed E-state index contributed by atoms with van der Waals surface area (Å²) in [5, 5.41) is 0. The van der Waals surface area contributed by atoms with E-state index in [1.807, 2.05) is 0 Å². The monoisotopic (exact) mass is 213 g/mol. The Kier molecular flexibility index (Phi) is 5.62. The molecule has 1 aliphatic carbocycles. The summed E-state index contributed by atoms with van der Waals surface area (Å²) in [5.74, 6) is 0. The van der Waals surface area contributed by atoms with Gasteiger partial charge in [-0.05, 0) is 26.2 Å². The van der Waals surface area contributed by atoms with Crippen LogP contribution in [0.25, 0.3) is 0 Å². The fourth-order valence-corrected chi connectivity index (χ4v) is 2.81. The maximum atomic E-state index is 6.32. The van der Waals surface area contributed by atoms with E-state index in [0.717, 1.165) is 19.4 Å². The van der Waals surface area contributed by atoms with Gasteiger partial charge in [-0.1, -0.05) is 39.0 Å². The Bertz CT molecular complexity index is 162. The topological polar surface area (TPSA) is 35.2 Å². The summed E-state index contributed by atoms with van der Waals surface area (Å²) in [6.45, 7) is 5.10. The molecule has 1 aliphatic rings. The summed E-state index contributed by atoms with van der Waals surface area (Å²) < 4.78 is 6.04. The average Bonchev–Trinajstić information content (AvgIpc) is 2.45. The second-order valence-corrected chi connectivity index (χ2v) is 4.81. The summed E-state index contributed by atoms with van der Waals surface area (Å²) in [5.41, 5.74) is 6.33. The van der Waals surface area contributed by atoms with Gasteiger partial charge in [-0.15, -0.1) is 0 Å². The number of hydrogen-bond donors (Lipinski definition) is 1. The molecule has 0 saturated heterocycles. The lowest BCUT2D eigenvalue weighted by Crippen LogP contribution is -2.49. The van der Waals surface area contributed by atoms with E-state index in [1.165, 1.54) is 38.5 Å². The SMILES string of the molecule is CCC[C@H](N)C1(OCC)CCCCCC1. The molecular weight excluding hydrogens is 186 g/mol. The highest BCUT2D eigenvalue weighted by Crippen LogP contribution is 2.34. The quantitative estimate of drug-likeness (QED) is 0.712. The third-order valence-electron chi connectivity index (χ3n) is 3.66. The molecule has 0 aromatic rings. The van der Waals surface area contributed by atoms with Crippen LogP contribution in [0.15, 0.2) is 0 Å². The van der Waals surface area contributed by atoms with Crippen molar-refractivity contribution in [2.45, 2.75) is 76.9 Å². The largest absolute Gasteiger partial charge is 0.374 e. The molecule has 1 saturated carbocycles. The second kappa shape index (κ2) is 6.49. The first-order valence-corrected chi connectivity index (χ1v) is 6.64. The normalized spacial score (nSPS) is 23.4. The zero-order chi connectivity index (χ0) is 11.1. The van der Waals surface area contributed by atoms with Crippen LogP contribution < -0.4 is 5.73 Å². The molecule has 15 heavy (non-hydrogen) atoms. The first-order valence-electron chi connectivity index (χ1n) is 6.64. The van der Waals surface area contributed by atoms with Crippen molar-refractivity contribution in [2.75, 3.05) is 6.61 Å². The van der Waals surface area contributed by atoms with Crippen molar-refractivity contribution < 1.29 is 4.74 Å². The van der Waals surface area contributed by atoms with Crippen molar-refractivity contribution in [3.8, 4) is 0 Å². The Morgan fingerprint density at radius 1 is 1.13 bits per heavy atom. The van der Waals surface area contributed by atoms with Gasteiger partial charge in [0.2, 0.25) is 0 Å². The van der Waals surface area contributed by atoms with Crippen molar-refractivity contribution in [2.24, 2.45) is 5.73 Å². The molecule has 0 aromatic heterocycles. The highest BCUT2D eigenvalue weighted by Gasteiger charge is 2.36. The van der Waals surface area contributed by atoms with Crippen molar-refractivity contribution >= 4 is 0 Å². The molecule has 0 amide bonds. The average molecular weight is 213 g/mol. The third kappa shape index (κ3) is 3.46. The van der Waals surface area contributed by atoms with E-state index >= 15 is 0 Å². The Morgan fingerprint density at radius 2 is 1.73 bits per heavy atom. The van der Waals surface area contributed by atoms with Crippen LogP contribution in [0.2, 0.25) is 0 Å². The van der Waals surface area contributed by atoms with Crippen molar-refractivity contribution in [1.29, 1.82) is 0 Å². The van der Waals surface area contributed by atoms with Gasteiger partial charge in [0, 0.05) is 12.6 Å². The summed E-state index contributed by atoms with van der Waals surface area (Å²) in [7, 11) is 0. The maximum absolute atomic E-state index is 6.32. The van der Waals surface area contributed by atoms with Crippen LogP contribution in [0.4, 0.5) is 0 Å². The van der Waals surface area contributed by atoms with Gasteiger partial charge >= 0.3 is 0 Å². The maximum Gasteiger partial charge on any atom is 0.0832 e. The van der Waals surface area contributed by atoms with Gasteiger partial charge in [0.1, 0.15) is 0 Å². The van der Waals surface area contributed by atoms with Gasteiger partial charge in [-0.25, -0.2) is 0 Å². The third-order valence-corrected chi connectivity index (χ3v) is 3.66. The van der Waals surface area contributed by atoms with Gasteiger partial charge in [0.25, 0.3) is 0 Å². The smallest absolute Gasteiger partial charge is 0.0832 e. The molecule has 0 radical (unpaired) electrons. The molecule has 2 heteroatoms. The predicted molar refractivity (Wildman–Crippen MR) is 64.9 cm³/mol. The lowest BCUT2D eigenvalue weighted by Gasteiger charge is -2.38. The van der Waals surface area contributed by atoms with Crippen molar-refractivity contribution in [1.82, 2.24) is 0 Å². The molecule has 0 heterocycles. The number of nitrogens with two attached hydrogens (primary N) is 1. The molecule has 1 rings (SSSR count). The van der Waals surface area contributed by atoms with E-state index in [2.05, 4.69) is 13.8 Å². The fraction of sp³-hybridized carbons (Fsp3) is 1.00. The highest BCUT2D eigenvalue weighted by molar-refractivity contribution is 4.92. The van der Waals surface area contributed by atoms with Crippen LogP contribution in [-0.2, 0) is 4.74 Å². The molecule has 1 atom stereocenters. The van der Waals surface area contributed by atoms with Gasteiger partial charge < -0.3 is 10.5 Å². The van der Waals surface area contributed by atoms with E-state index in [1.54, 1.807) is 0 Å². The molecule has 2 nitrogen and oxygen atoms in total. The molecule has 1 fully saturated rings. The Balaban J connectivity index is 2.65. The standard InChI is InChI=1S/C13H27NO/c1-3-9-12(14)13(15-4-2)10-7-5-6-8-11-13/h12H,3-11,14H2,1-2H3/t12-/m0/s1. The van der Waals surface area contributed by atoms with E-state index in [0.29, 0.717) is 0 Å². The molecule has 2 N–H and O–H groups in total. The Morgan fingerprint density at radius 3 is 2.20 bits per heavy atom. The van der Waals surface area contributed by atoms with Crippen LogP contribution in [0.3, 0.4) is 0 Å². The summed E-state index contributed by atoms with van der Waals surface area (Å²) in [4.78, 5) is 0. The number of ether oxygens (including phenoxy) is 1. The summed E-state index contributed by atoms with van der Waals surface area (Å²) in [6.07, 6.45) is 9.89. The van der Waals surface area contributed by atoms with E-state index in [4.69, 9.17) is 10.5 Å². The van der Waals surface area contributed by atoms with Gasteiger partial charge in [0.05, 0.1) is 5.60 Å². The minimum atomic E-state index is 0.00125. The lowest BCUT2D eigenvalue weighted by molar-refractivity contribution is -0.0701. The summed E-state index contributed by atoms with van der Waals surface area (Å²) in [6, 6.07) is 0.237. The van der Waals surface area contributed by atoms with Crippen LogP contribution in [0.1, 0.15) is 65.2 Å². The molecular formula is C13H27NO. The molecule has 0 unspecified atom stereocenters. The van der Waals surface area contributed by atoms with Crippen molar-refractivity contribution in [3.05, 3.63) is 0 Å². The fourth-order valence-electron chi connectivity index (χ4n) is 2.81. The Labute approximate surface area is 94.6 Å². The first-order chi connectivity index (χ1) is 7.25. The zero-order valence-corrected chi connectivity index (χ0v) is 10.4. The molecule has 0 bridgehead atoms. The van der Waals surface area contributed by atoms with Gasteiger partial charge in [0.15, 0.2) is 0 Å². The molecule has 0 aliphatic heterocycles. The zero-order valence-electron chi connectivity index (χ0n) is 10.4. The molecule has 0 aromatic carbocycles. The van der Waals surface area contributed by atoms with E-state index in [-0.39, 0.29) is 11.6 Å². The van der Waals surface area contributed by atoms with Crippen LogP contribution in [0, 0.1) is 0 Å². The second-order valence-electron chi connectivity index (χ2n) is 4.81. The number of rotatable bonds is 5. The summed E-state index contributed by atoms with van der Waals surface area (Å²) >= 11 is 0. The molecule has 0 spiro atoms. The predicted octanol–water partition coefficient (Wildman–Crippen LogP) is 3.24. The van der Waals surface area contributed by atoms with Crippen molar-refractivity contribution in [3.63, 3.8) is 0 Å².